The SMILES string of the molecule is CN(N)c1nc2ccc(Cl)cc2s1. The zero-order valence-electron chi connectivity index (χ0n) is 6.99. The van der Waals surface area contributed by atoms with Gasteiger partial charge in [-0.1, -0.05) is 22.9 Å². The summed E-state index contributed by atoms with van der Waals surface area (Å²) in [5.41, 5.74) is 0.932. The number of aromatic nitrogens is 1. The maximum Gasteiger partial charge on any atom is 0.200 e. The first kappa shape index (κ1) is 8.74. The van der Waals surface area contributed by atoms with Crippen LogP contribution in [0.25, 0.3) is 10.2 Å². The molecule has 13 heavy (non-hydrogen) atoms. The van der Waals surface area contributed by atoms with Crippen LogP contribution < -0.4 is 10.9 Å². The third-order valence-electron chi connectivity index (χ3n) is 1.64. The molecule has 0 aliphatic rings. The number of anilines is 1. The summed E-state index contributed by atoms with van der Waals surface area (Å²) in [5, 5.41) is 3.01. The van der Waals surface area contributed by atoms with Crippen LogP contribution >= 0.6 is 22.9 Å². The van der Waals surface area contributed by atoms with Crippen LogP contribution in [0.15, 0.2) is 18.2 Å². The van der Waals surface area contributed by atoms with Gasteiger partial charge in [0.1, 0.15) is 0 Å². The van der Waals surface area contributed by atoms with Crippen molar-refractivity contribution >= 4 is 38.3 Å². The Morgan fingerprint density at radius 2 is 2.31 bits per heavy atom. The first-order valence-electron chi connectivity index (χ1n) is 3.71. The average Bonchev–Trinajstić information content (AvgIpc) is 2.46. The molecule has 2 rings (SSSR count). The van der Waals surface area contributed by atoms with Gasteiger partial charge in [-0.05, 0) is 18.2 Å². The third-order valence-corrected chi connectivity index (χ3v) is 2.98. The van der Waals surface area contributed by atoms with Gasteiger partial charge >= 0.3 is 0 Å². The van der Waals surface area contributed by atoms with E-state index in [0.29, 0.717) is 0 Å². The summed E-state index contributed by atoms with van der Waals surface area (Å²) in [6, 6.07) is 5.60. The van der Waals surface area contributed by atoms with Gasteiger partial charge in [0.2, 0.25) is 5.13 Å². The lowest BCUT2D eigenvalue weighted by molar-refractivity contribution is 1.01. The number of nitrogens with two attached hydrogens (primary N) is 1. The van der Waals surface area contributed by atoms with E-state index in [1.165, 1.54) is 16.3 Å². The van der Waals surface area contributed by atoms with Crippen LogP contribution in [0.3, 0.4) is 0 Å². The Hall–Kier alpha value is -0.840. The summed E-state index contributed by atoms with van der Waals surface area (Å²) in [7, 11) is 1.76. The summed E-state index contributed by atoms with van der Waals surface area (Å²) in [5.74, 6) is 5.56. The molecule has 0 amide bonds. The molecule has 0 saturated heterocycles. The van der Waals surface area contributed by atoms with E-state index in [9.17, 15) is 0 Å². The lowest BCUT2D eigenvalue weighted by atomic mass is 10.3. The van der Waals surface area contributed by atoms with Crippen LogP contribution in [0.1, 0.15) is 0 Å². The van der Waals surface area contributed by atoms with Gasteiger partial charge in [-0.3, -0.25) is 5.01 Å². The second kappa shape index (κ2) is 3.14. The normalized spacial score (nSPS) is 10.7. The summed E-state index contributed by atoms with van der Waals surface area (Å²) in [4.78, 5) is 4.31. The van der Waals surface area contributed by atoms with E-state index in [1.54, 1.807) is 7.05 Å². The van der Waals surface area contributed by atoms with Crippen molar-refractivity contribution in [3.8, 4) is 0 Å². The zero-order valence-corrected chi connectivity index (χ0v) is 8.56. The van der Waals surface area contributed by atoms with Gasteiger partial charge in [0.15, 0.2) is 0 Å². The number of hydrogen-bond donors (Lipinski definition) is 1. The lowest BCUT2D eigenvalue weighted by Crippen LogP contribution is -2.24. The molecule has 2 aromatic rings. The maximum absolute atomic E-state index is 5.84. The molecule has 3 nitrogen and oxygen atoms in total. The van der Waals surface area contributed by atoms with Gasteiger partial charge in [-0.25, -0.2) is 10.8 Å². The zero-order chi connectivity index (χ0) is 9.42. The maximum atomic E-state index is 5.84. The molecule has 5 heteroatoms. The summed E-state index contributed by atoms with van der Waals surface area (Å²) < 4.78 is 1.06. The van der Waals surface area contributed by atoms with Gasteiger partial charge in [0.25, 0.3) is 0 Å². The van der Waals surface area contributed by atoms with E-state index in [4.69, 9.17) is 17.4 Å². The van der Waals surface area contributed by atoms with Gasteiger partial charge in [0.05, 0.1) is 10.2 Å². The molecule has 1 aromatic heterocycles. The fraction of sp³-hybridized carbons (Fsp3) is 0.125. The number of fused-ring (bicyclic) bond motifs is 1. The van der Waals surface area contributed by atoms with Crippen molar-refractivity contribution in [2.45, 2.75) is 0 Å². The van der Waals surface area contributed by atoms with Gasteiger partial charge < -0.3 is 0 Å². The van der Waals surface area contributed by atoms with E-state index in [0.717, 1.165) is 20.4 Å². The van der Waals surface area contributed by atoms with Crippen LogP contribution in [-0.4, -0.2) is 12.0 Å². The predicted molar refractivity (Wildman–Crippen MR) is 57.2 cm³/mol. The fourth-order valence-electron chi connectivity index (χ4n) is 1.04. The number of halogens is 1. The monoisotopic (exact) mass is 213 g/mol. The molecule has 2 N–H and O–H groups in total. The number of benzene rings is 1. The summed E-state index contributed by atoms with van der Waals surface area (Å²) >= 11 is 7.37. The van der Waals surface area contributed by atoms with E-state index < -0.39 is 0 Å². The minimum atomic E-state index is 0.724. The van der Waals surface area contributed by atoms with Crippen LogP contribution in [0, 0.1) is 0 Å². The number of hydrogen-bond acceptors (Lipinski definition) is 4. The Morgan fingerprint density at radius 3 is 3.00 bits per heavy atom. The first-order chi connectivity index (χ1) is 6.16. The fourth-order valence-corrected chi connectivity index (χ4v) is 2.16. The lowest BCUT2D eigenvalue weighted by Gasteiger charge is -2.04. The largest absolute Gasteiger partial charge is 0.289 e. The Bertz CT molecular complexity index is 438. The van der Waals surface area contributed by atoms with E-state index >= 15 is 0 Å². The Labute approximate surface area is 84.7 Å². The molecule has 0 aliphatic heterocycles. The molecule has 0 bridgehead atoms. The van der Waals surface area contributed by atoms with Crippen LogP contribution in [0.2, 0.25) is 5.02 Å². The van der Waals surface area contributed by atoms with Crippen LogP contribution in [0.4, 0.5) is 5.13 Å². The molecule has 0 aliphatic carbocycles. The molecule has 0 fully saturated rings. The van der Waals surface area contributed by atoms with Gasteiger partial charge in [-0.2, -0.15) is 0 Å². The van der Waals surface area contributed by atoms with E-state index in [2.05, 4.69) is 4.98 Å². The molecular formula is C8H8ClN3S. The Balaban J connectivity index is 2.62. The van der Waals surface area contributed by atoms with Crippen molar-refractivity contribution in [1.29, 1.82) is 0 Å². The molecule has 0 radical (unpaired) electrons. The minimum Gasteiger partial charge on any atom is -0.289 e. The van der Waals surface area contributed by atoms with Crippen LogP contribution in [-0.2, 0) is 0 Å². The molecule has 1 aromatic carbocycles. The highest BCUT2D eigenvalue weighted by molar-refractivity contribution is 7.22. The molecule has 0 unspecified atom stereocenters. The second-order valence-electron chi connectivity index (χ2n) is 2.72. The number of rotatable bonds is 1. The predicted octanol–water partition coefficient (Wildman–Crippen LogP) is 2.26. The molecule has 0 saturated carbocycles. The molecule has 0 spiro atoms. The van der Waals surface area contributed by atoms with E-state index in [-0.39, 0.29) is 0 Å². The van der Waals surface area contributed by atoms with Crippen molar-refractivity contribution < 1.29 is 0 Å². The molecule has 68 valence electrons. The van der Waals surface area contributed by atoms with Crippen molar-refractivity contribution in [2.24, 2.45) is 5.84 Å². The van der Waals surface area contributed by atoms with Crippen molar-refractivity contribution in [3.05, 3.63) is 23.2 Å². The molecule has 1 heterocycles. The topological polar surface area (TPSA) is 42.1 Å². The average molecular weight is 214 g/mol. The molecular weight excluding hydrogens is 206 g/mol. The highest BCUT2D eigenvalue weighted by Crippen LogP contribution is 2.28. The van der Waals surface area contributed by atoms with Crippen LogP contribution in [0.5, 0.6) is 0 Å². The first-order valence-corrected chi connectivity index (χ1v) is 4.91. The van der Waals surface area contributed by atoms with Crippen molar-refractivity contribution in [1.82, 2.24) is 4.98 Å². The van der Waals surface area contributed by atoms with Crippen molar-refractivity contribution in [2.75, 3.05) is 12.1 Å². The minimum absolute atomic E-state index is 0.724. The third kappa shape index (κ3) is 1.60. The smallest absolute Gasteiger partial charge is 0.200 e. The quantitative estimate of drug-likeness (QED) is 0.584. The standard InChI is InChI=1S/C8H8ClN3S/c1-12(10)8-11-6-3-2-5(9)4-7(6)13-8/h2-4H,10H2,1H3. The number of hydrazine groups is 1. The van der Waals surface area contributed by atoms with E-state index in [1.807, 2.05) is 18.2 Å². The summed E-state index contributed by atoms with van der Waals surface area (Å²) in [6.07, 6.45) is 0. The highest BCUT2D eigenvalue weighted by atomic mass is 35.5. The Kier molecular flexibility index (Phi) is 2.11. The second-order valence-corrected chi connectivity index (χ2v) is 4.16. The molecule has 0 atom stereocenters. The number of nitrogens with zero attached hydrogens (tertiary/aromatic N) is 2. The Morgan fingerprint density at radius 1 is 1.54 bits per heavy atom. The van der Waals surface area contributed by atoms with Gasteiger partial charge in [-0.15, -0.1) is 0 Å². The van der Waals surface area contributed by atoms with Gasteiger partial charge in [0, 0.05) is 12.1 Å². The number of thiazole rings is 1. The van der Waals surface area contributed by atoms with Crippen molar-refractivity contribution in [3.63, 3.8) is 0 Å². The highest BCUT2D eigenvalue weighted by Gasteiger charge is 2.05. The summed E-state index contributed by atoms with van der Waals surface area (Å²) in [6.45, 7) is 0.